The molecule has 3 fully saturated rings. The van der Waals surface area contributed by atoms with Gasteiger partial charge in [-0.25, -0.2) is 0 Å². The number of fused-ring (bicyclic) bond motifs is 2. The molecule has 2 aromatic rings. The van der Waals surface area contributed by atoms with Crippen molar-refractivity contribution in [3.63, 3.8) is 0 Å². The molecule has 1 spiro atoms. The summed E-state index contributed by atoms with van der Waals surface area (Å²) in [5, 5.41) is 14.4. The minimum Gasteiger partial charge on any atom is -0.466 e. The number of carbonyl (C=O) groups is 3. The topological polar surface area (TPSA) is 105 Å². The van der Waals surface area contributed by atoms with Crippen molar-refractivity contribution in [2.75, 3.05) is 25.1 Å². The molecule has 8 nitrogen and oxygen atoms in total. The second kappa shape index (κ2) is 9.16. The van der Waals surface area contributed by atoms with E-state index in [0.29, 0.717) is 31.5 Å². The summed E-state index contributed by atoms with van der Waals surface area (Å²) in [6.45, 7) is 6.13. The number of benzene rings is 2. The Morgan fingerprint density at radius 3 is 2.67 bits per heavy atom. The van der Waals surface area contributed by atoms with Crippen molar-refractivity contribution >= 4 is 34.2 Å². The summed E-state index contributed by atoms with van der Waals surface area (Å²) in [4.78, 5) is 42.5. The van der Waals surface area contributed by atoms with Crippen LogP contribution in [0.1, 0.15) is 40.0 Å². The monoisotopic (exact) mass is 494 g/mol. The molecule has 3 unspecified atom stereocenters. The largest absolute Gasteiger partial charge is 0.466 e. The van der Waals surface area contributed by atoms with Gasteiger partial charge in [-0.1, -0.05) is 37.3 Å². The van der Waals surface area contributed by atoms with Crippen molar-refractivity contribution < 1.29 is 29.0 Å². The molecule has 2 N–H and O–H groups in total. The average molecular weight is 495 g/mol. The lowest BCUT2D eigenvalue weighted by molar-refractivity contribution is -0.160. The van der Waals surface area contributed by atoms with E-state index >= 15 is 0 Å². The summed E-state index contributed by atoms with van der Waals surface area (Å²) in [6, 6.07) is 12.7. The Kier molecular flexibility index (Phi) is 6.29. The molecular formula is C28H34N2O6. The Morgan fingerprint density at radius 2 is 1.94 bits per heavy atom. The minimum absolute atomic E-state index is 0.00160. The van der Waals surface area contributed by atoms with Gasteiger partial charge in [0.2, 0.25) is 11.8 Å². The number of likely N-dealkylation sites (tertiary alicyclic amines) is 1. The summed E-state index contributed by atoms with van der Waals surface area (Å²) >= 11 is 0. The summed E-state index contributed by atoms with van der Waals surface area (Å²) in [7, 11) is 0. The second-order valence-electron chi connectivity index (χ2n) is 10.5. The molecule has 0 radical (unpaired) electrons. The molecule has 0 aliphatic carbocycles. The molecule has 5 rings (SSSR count). The van der Waals surface area contributed by atoms with Gasteiger partial charge in [-0.2, -0.15) is 0 Å². The minimum atomic E-state index is -1.11. The van der Waals surface area contributed by atoms with Gasteiger partial charge in [-0.05, 0) is 61.9 Å². The van der Waals surface area contributed by atoms with Crippen molar-refractivity contribution in [1.29, 1.82) is 0 Å². The van der Waals surface area contributed by atoms with Crippen molar-refractivity contribution in [3.05, 3.63) is 42.5 Å². The van der Waals surface area contributed by atoms with Crippen LogP contribution in [0.3, 0.4) is 0 Å². The first kappa shape index (κ1) is 24.7. The smallest absolute Gasteiger partial charge is 0.312 e. The molecule has 0 aromatic heterocycles. The van der Waals surface area contributed by atoms with E-state index < -0.39 is 35.0 Å². The summed E-state index contributed by atoms with van der Waals surface area (Å²) < 4.78 is 12.0. The number of hydrogen-bond acceptors (Lipinski definition) is 6. The molecular weight excluding hydrogens is 460 g/mol. The van der Waals surface area contributed by atoms with Gasteiger partial charge in [0.05, 0.1) is 18.1 Å². The number of hydrogen-bond donors (Lipinski definition) is 2. The summed E-state index contributed by atoms with van der Waals surface area (Å²) in [5.41, 5.74) is -1.36. The first-order valence-corrected chi connectivity index (χ1v) is 12.8. The van der Waals surface area contributed by atoms with Crippen molar-refractivity contribution in [3.8, 4) is 0 Å². The number of amides is 2. The fourth-order valence-corrected chi connectivity index (χ4v) is 6.74. The highest BCUT2D eigenvalue weighted by atomic mass is 16.6. The van der Waals surface area contributed by atoms with Crippen LogP contribution < -0.4 is 5.32 Å². The maximum absolute atomic E-state index is 13.9. The molecule has 2 bridgehead atoms. The van der Waals surface area contributed by atoms with E-state index in [2.05, 4.69) is 5.32 Å². The van der Waals surface area contributed by atoms with E-state index in [1.165, 1.54) is 0 Å². The molecule has 8 heteroatoms. The standard InChI is InChI=1S/C28H34N2O6/c1-4-35-26(34)22-21-25(33)30(13-7-8-14-31)23(28(21)16-17(2)27(22,3)36-28)24(32)29-20-12-11-18-9-5-6-10-19(18)15-20/h5-6,9-12,15,17,21-23,31H,4,7-8,13-14,16H2,1-3H3,(H,29,32)/t17?,21-,22+,23?,27-,28?/m0/s1. The molecule has 6 atom stereocenters. The fraction of sp³-hybridized carbons (Fsp3) is 0.536. The van der Waals surface area contributed by atoms with Crippen LogP contribution in [0.5, 0.6) is 0 Å². The Morgan fingerprint density at radius 1 is 1.19 bits per heavy atom. The fourth-order valence-electron chi connectivity index (χ4n) is 6.74. The molecule has 3 aliphatic rings. The lowest BCUT2D eigenvalue weighted by atomic mass is 9.62. The number of carbonyl (C=O) groups excluding carboxylic acids is 3. The predicted molar refractivity (Wildman–Crippen MR) is 134 cm³/mol. The van der Waals surface area contributed by atoms with E-state index in [9.17, 15) is 19.5 Å². The van der Waals surface area contributed by atoms with E-state index in [4.69, 9.17) is 9.47 Å². The van der Waals surface area contributed by atoms with Gasteiger partial charge >= 0.3 is 5.97 Å². The van der Waals surface area contributed by atoms with E-state index in [1.807, 2.05) is 56.3 Å². The van der Waals surface area contributed by atoms with Gasteiger partial charge in [-0.15, -0.1) is 0 Å². The number of unbranched alkanes of at least 4 members (excludes halogenated alkanes) is 1. The molecule has 0 saturated carbocycles. The van der Waals surface area contributed by atoms with Crippen LogP contribution in [0.2, 0.25) is 0 Å². The van der Waals surface area contributed by atoms with Crippen LogP contribution in [0, 0.1) is 17.8 Å². The molecule has 36 heavy (non-hydrogen) atoms. The molecule has 3 heterocycles. The first-order chi connectivity index (χ1) is 17.3. The quantitative estimate of drug-likeness (QED) is 0.432. The number of aliphatic hydroxyl groups excluding tert-OH is 1. The summed E-state index contributed by atoms with van der Waals surface area (Å²) in [5.74, 6) is -2.61. The zero-order valence-corrected chi connectivity index (χ0v) is 21.0. The van der Waals surface area contributed by atoms with Gasteiger partial charge in [0.1, 0.15) is 17.6 Å². The number of esters is 1. The number of anilines is 1. The zero-order chi connectivity index (χ0) is 25.7. The number of ether oxygens (including phenoxy) is 2. The normalized spacial score (nSPS) is 32.7. The highest BCUT2D eigenvalue weighted by molar-refractivity contribution is 6.04. The Labute approximate surface area is 210 Å². The number of rotatable bonds is 8. The van der Waals surface area contributed by atoms with E-state index in [0.717, 1.165) is 10.8 Å². The highest BCUT2D eigenvalue weighted by Gasteiger charge is 2.80. The van der Waals surface area contributed by atoms with Crippen LogP contribution in [-0.4, -0.2) is 64.8 Å². The maximum Gasteiger partial charge on any atom is 0.312 e. The van der Waals surface area contributed by atoms with Gasteiger partial charge in [-0.3, -0.25) is 14.4 Å². The van der Waals surface area contributed by atoms with E-state index in [1.54, 1.807) is 11.8 Å². The Hall–Kier alpha value is -2.97. The molecule has 2 amide bonds. The lowest BCUT2D eigenvalue weighted by Crippen LogP contribution is -2.54. The van der Waals surface area contributed by atoms with E-state index in [-0.39, 0.29) is 30.9 Å². The molecule has 2 aromatic carbocycles. The SMILES string of the molecule is CCOC(=O)[C@H]1[C@H]2C(=O)N(CCCCO)C(C(=O)Nc3ccc4ccccc4c3)C23CC(C)[C@]1(C)O3. The predicted octanol–water partition coefficient (Wildman–Crippen LogP) is 3.12. The Bertz CT molecular complexity index is 1200. The highest BCUT2D eigenvalue weighted by Crippen LogP contribution is 2.65. The average Bonchev–Trinajstić information content (AvgIpc) is 3.36. The lowest BCUT2D eigenvalue weighted by Gasteiger charge is -2.35. The third-order valence-electron chi connectivity index (χ3n) is 8.43. The third-order valence-corrected chi connectivity index (χ3v) is 8.43. The second-order valence-corrected chi connectivity index (χ2v) is 10.5. The van der Waals surface area contributed by atoms with Crippen LogP contribution in [-0.2, 0) is 23.9 Å². The van der Waals surface area contributed by atoms with Crippen molar-refractivity contribution in [2.45, 2.75) is 57.3 Å². The third kappa shape index (κ3) is 3.61. The molecule has 3 aliphatic heterocycles. The Balaban J connectivity index is 1.52. The molecule has 192 valence electrons. The maximum atomic E-state index is 13.9. The summed E-state index contributed by atoms with van der Waals surface area (Å²) in [6.07, 6.45) is 1.56. The van der Waals surface area contributed by atoms with Gasteiger partial charge in [0.15, 0.2) is 0 Å². The van der Waals surface area contributed by atoms with Gasteiger partial charge < -0.3 is 24.8 Å². The van der Waals surface area contributed by atoms with Crippen molar-refractivity contribution in [1.82, 2.24) is 4.90 Å². The first-order valence-electron chi connectivity index (χ1n) is 12.8. The van der Waals surface area contributed by atoms with Crippen LogP contribution in [0.15, 0.2) is 42.5 Å². The number of nitrogens with zero attached hydrogens (tertiary/aromatic N) is 1. The zero-order valence-electron chi connectivity index (χ0n) is 21.0. The van der Waals surface area contributed by atoms with Crippen molar-refractivity contribution in [2.24, 2.45) is 17.8 Å². The van der Waals surface area contributed by atoms with Gasteiger partial charge in [0.25, 0.3) is 0 Å². The van der Waals surface area contributed by atoms with Gasteiger partial charge in [0, 0.05) is 18.8 Å². The van der Waals surface area contributed by atoms with Crippen LogP contribution >= 0.6 is 0 Å². The number of nitrogens with one attached hydrogen (secondary N) is 1. The van der Waals surface area contributed by atoms with Crippen LogP contribution in [0.4, 0.5) is 5.69 Å². The molecule has 3 saturated heterocycles. The number of aliphatic hydroxyl groups is 1. The van der Waals surface area contributed by atoms with Crippen LogP contribution in [0.25, 0.3) is 10.8 Å².